The van der Waals surface area contributed by atoms with Crippen LogP contribution >= 0.6 is 0 Å². The molecule has 5 rings (SSSR count). The van der Waals surface area contributed by atoms with E-state index in [1.165, 1.54) is 11.8 Å². The van der Waals surface area contributed by atoms with Gasteiger partial charge >= 0.3 is 0 Å². The van der Waals surface area contributed by atoms with Crippen LogP contribution in [-0.4, -0.2) is 56.3 Å². The van der Waals surface area contributed by atoms with Gasteiger partial charge in [0.25, 0.3) is 5.56 Å². The fourth-order valence-corrected chi connectivity index (χ4v) is 4.26. The largest absolute Gasteiger partial charge is 0.338 e. The number of aromatic nitrogens is 3. The second-order valence-corrected chi connectivity index (χ2v) is 7.69. The number of hydrogen-bond acceptors (Lipinski definition) is 5. The Labute approximate surface area is 158 Å². The number of nitrogens with one attached hydrogen (secondary N) is 1. The van der Waals surface area contributed by atoms with Crippen molar-refractivity contribution < 1.29 is 4.79 Å². The van der Waals surface area contributed by atoms with E-state index in [0.717, 1.165) is 39.0 Å². The zero-order valence-electron chi connectivity index (χ0n) is 15.6. The molecule has 3 fully saturated rings. The second-order valence-electron chi connectivity index (χ2n) is 7.69. The summed E-state index contributed by atoms with van der Waals surface area (Å²) in [5, 5.41) is 0. The summed E-state index contributed by atoms with van der Waals surface area (Å²) in [5.74, 6) is 1.09. The van der Waals surface area contributed by atoms with Gasteiger partial charge in [-0.3, -0.25) is 19.5 Å². The number of aryl methyl sites for hydroxylation is 1. The molecule has 7 nitrogen and oxygen atoms in total. The Balaban J connectivity index is 1.45. The molecule has 0 aromatic carbocycles. The summed E-state index contributed by atoms with van der Waals surface area (Å²) < 4.78 is 0. The predicted molar refractivity (Wildman–Crippen MR) is 101 cm³/mol. The molecule has 3 aliphatic rings. The molecule has 0 spiro atoms. The van der Waals surface area contributed by atoms with E-state index in [9.17, 15) is 9.59 Å². The number of piperidine rings is 1. The van der Waals surface area contributed by atoms with Gasteiger partial charge in [-0.1, -0.05) is 0 Å². The molecular weight excluding hydrogens is 342 g/mol. The van der Waals surface area contributed by atoms with Crippen LogP contribution in [0.3, 0.4) is 0 Å². The molecule has 142 valence electrons. The van der Waals surface area contributed by atoms with Crippen LogP contribution in [0.5, 0.6) is 0 Å². The third kappa shape index (κ3) is 4.08. The number of hydrogen-bond donors (Lipinski definition) is 1. The lowest BCUT2D eigenvalue weighted by Gasteiger charge is -2.36. The third-order valence-corrected chi connectivity index (χ3v) is 5.61. The van der Waals surface area contributed by atoms with Crippen molar-refractivity contribution in [2.75, 3.05) is 19.6 Å². The molecular formula is C20H25N5O2. The molecule has 0 unspecified atom stereocenters. The summed E-state index contributed by atoms with van der Waals surface area (Å²) in [6.07, 6.45) is 7.49. The number of nitrogens with zero attached hydrogens (tertiary/aromatic N) is 4. The Morgan fingerprint density at radius 1 is 1.22 bits per heavy atom. The molecule has 3 aliphatic heterocycles. The zero-order chi connectivity index (χ0) is 18.8. The van der Waals surface area contributed by atoms with Gasteiger partial charge in [-0.05, 0) is 43.4 Å². The maximum atomic E-state index is 12.9. The standard InChI is InChI=1S/C20H25N5O2/c1-14-22-9-17(20(27)23-14)8-19(26)25-12-16-2-3-18(25)13-24(11-16)10-15-4-6-21-7-5-15/h4-7,9,16,18H,2-3,8,10-13H2,1H3,(H,22,23,27)/t16-,18+/m0/s1. The fourth-order valence-electron chi connectivity index (χ4n) is 4.26. The van der Waals surface area contributed by atoms with Gasteiger partial charge in [-0.2, -0.15) is 0 Å². The lowest BCUT2D eigenvalue weighted by Crippen LogP contribution is -2.48. The lowest BCUT2D eigenvalue weighted by molar-refractivity contribution is -0.134. The van der Waals surface area contributed by atoms with Crippen LogP contribution in [-0.2, 0) is 17.8 Å². The summed E-state index contributed by atoms with van der Waals surface area (Å²) in [6, 6.07) is 4.31. The van der Waals surface area contributed by atoms with Crippen molar-refractivity contribution >= 4 is 5.91 Å². The third-order valence-electron chi connectivity index (χ3n) is 5.61. The first-order valence-corrected chi connectivity index (χ1v) is 9.54. The highest BCUT2D eigenvalue weighted by atomic mass is 16.2. The molecule has 2 bridgehead atoms. The fraction of sp³-hybridized carbons (Fsp3) is 0.500. The van der Waals surface area contributed by atoms with Gasteiger partial charge in [0.1, 0.15) is 5.82 Å². The number of rotatable bonds is 4. The van der Waals surface area contributed by atoms with Gasteiger partial charge in [0.2, 0.25) is 5.91 Å². The smallest absolute Gasteiger partial charge is 0.254 e. The highest BCUT2D eigenvalue weighted by Gasteiger charge is 2.37. The summed E-state index contributed by atoms with van der Waals surface area (Å²) >= 11 is 0. The molecule has 1 amide bonds. The molecule has 0 saturated carbocycles. The van der Waals surface area contributed by atoms with Crippen LogP contribution in [0, 0.1) is 12.8 Å². The van der Waals surface area contributed by atoms with Crippen molar-refractivity contribution in [3.63, 3.8) is 0 Å². The van der Waals surface area contributed by atoms with Crippen LogP contribution in [0.4, 0.5) is 0 Å². The molecule has 27 heavy (non-hydrogen) atoms. The number of pyridine rings is 1. The minimum atomic E-state index is -0.213. The SMILES string of the molecule is Cc1ncc(CC(=O)N2C[C@H]3CC[C@@H]2CN(Cc2ccncc2)C3)c(=O)[nH]1. The average molecular weight is 367 g/mol. The summed E-state index contributed by atoms with van der Waals surface area (Å²) in [6.45, 7) is 5.30. The highest BCUT2D eigenvalue weighted by Crippen LogP contribution is 2.29. The van der Waals surface area contributed by atoms with Gasteiger partial charge in [0, 0.05) is 56.4 Å². The molecule has 0 radical (unpaired) electrons. The van der Waals surface area contributed by atoms with Crippen LogP contribution in [0.1, 0.15) is 29.8 Å². The number of carbonyl (C=O) groups is 1. The predicted octanol–water partition coefficient (Wildman–Crippen LogP) is 1.14. The topological polar surface area (TPSA) is 82.2 Å². The van der Waals surface area contributed by atoms with E-state index in [1.54, 1.807) is 6.92 Å². The number of H-pyrrole nitrogens is 1. The summed E-state index contributed by atoms with van der Waals surface area (Å²) in [4.78, 5) is 40.3. The van der Waals surface area contributed by atoms with E-state index in [2.05, 4.69) is 19.9 Å². The molecule has 3 saturated heterocycles. The number of carbonyl (C=O) groups excluding carboxylic acids is 1. The van der Waals surface area contributed by atoms with Crippen molar-refractivity contribution in [2.24, 2.45) is 5.92 Å². The first kappa shape index (κ1) is 17.9. The van der Waals surface area contributed by atoms with Crippen LogP contribution in [0.2, 0.25) is 0 Å². The van der Waals surface area contributed by atoms with E-state index in [0.29, 0.717) is 17.3 Å². The first-order chi connectivity index (χ1) is 13.1. The van der Waals surface area contributed by atoms with Crippen molar-refractivity contribution in [1.82, 2.24) is 24.8 Å². The van der Waals surface area contributed by atoms with Crippen LogP contribution < -0.4 is 5.56 Å². The molecule has 2 aromatic rings. The number of aromatic amines is 1. The van der Waals surface area contributed by atoms with E-state index >= 15 is 0 Å². The molecule has 5 heterocycles. The Bertz CT molecular complexity index is 866. The maximum Gasteiger partial charge on any atom is 0.254 e. The molecule has 0 aliphatic carbocycles. The molecule has 2 atom stereocenters. The van der Waals surface area contributed by atoms with E-state index in [-0.39, 0.29) is 23.9 Å². The average Bonchev–Trinajstić information content (AvgIpc) is 2.95. The van der Waals surface area contributed by atoms with Gasteiger partial charge in [0.15, 0.2) is 0 Å². The second kappa shape index (κ2) is 7.60. The van der Waals surface area contributed by atoms with Crippen molar-refractivity contribution in [3.05, 3.63) is 58.0 Å². The van der Waals surface area contributed by atoms with Crippen molar-refractivity contribution in [2.45, 2.75) is 38.8 Å². The van der Waals surface area contributed by atoms with Gasteiger partial charge in [-0.15, -0.1) is 0 Å². The molecule has 1 N–H and O–H groups in total. The van der Waals surface area contributed by atoms with Gasteiger partial charge < -0.3 is 9.88 Å². The first-order valence-electron chi connectivity index (χ1n) is 9.54. The quantitative estimate of drug-likeness (QED) is 0.876. The van der Waals surface area contributed by atoms with Crippen molar-refractivity contribution in [1.29, 1.82) is 0 Å². The summed E-state index contributed by atoms with van der Waals surface area (Å²) in [5.41, 5.74) is 1.48. The van der Waals surface area contributed by atoms with E-state index < -0.39 is 0 Å². The number of amides is 1. The van der Waals surface area contributed by atoms with Crippen LogP contribution in [0.15, 0.2) is 35.5 Å². The Morgan fingerprint density at radius 3 is 2.81 bits per heavy atom. The van der Waals surface area contributed by atoms with E-state index in [4.69, 9.17) is 0 Å². The Kier molecular flexibility index (Phi) is 5.03. The molecule has 2 aromatic heterocycles. The minimum absolute atomic E-state index is 0.0339. The normalized spacial score (nSPS) is 22.6. The van der Waals surface area contributed by atoms with Gasteiger partial charge in [-0.25, -0.2) is 4.98 Å². The van der Waals surface area contributed by atoms with Gasteiger partial charge in [0.05, 0.1) is 6.42 Å². The van der Waals surface area contributed by atoms with Crippen molar-refractivity contribution in [3.8, 4) is 0 Å². The zero-order valence-corrected chi connectivity index (χ0v) is 15.6. The number of fused-ring (bicyclic) bond motifs is 4. The Hall–Kier alpha value is -2.54. The minimum Gasteiger partial charge on any atom is -0.338 e. The van der Waals surface area contributed by atoms with E-state index in [1.807, 2.05) is 29.4 Å². The monoisotopic (exact) mass is 367 g/mol. The maximum absolute atomic E-state index is 12.9. The highest BCUT2D eigenvalue weighted by molar-refractivity contribution is 5.79. The molecule has 7 heteroatoms. The summed E-state index contributed by atoms with van der Waals surface area (Å²) in [7, 11) is 0. The Morgan fingerprint density at radius 2 is 2.04 bits per heavy atom. The van der Waals surface area contributed by atoms with Crippen LogP contribution in [0.25, 0.3) is 0 Å². The lowest BCUT2D eigenvalue weighted by atomic mass is 9.94.